The van der Waals surface area contributed by atoms with Gasteiger partial charge in [-0.15, -0.1) is 0 Å². The van der Waals surface area contributed by atoms with Crippen LogP contribution in [0.15, 0.2) is 86.9 Å². The van der Waals surface area contributed by atoms with Crippen molar-refractivity contribution in [1.82, 2.24) is 9.29 Å². The van der Waals surface area contributed by atoms with Crippen LogP contribution in [0.1, 0.15) is 11.1 Å². The second kappa shape index (κ2) is 18.7. The third-order valence-corrected chi connectivity index (χ3v) is 9.80. The zero-order valence-corrected chi connectivity index (χ0v) is 31.5. The summed E-state index contributed by atoms with van der Waals surface area (Å²) in [7, 11) is 14.1. The minimum Gasteiger partial charge on any atom is -0.354 e. The van der Waals surface area contributed by atoms with E-state index in [0.29, 0.717) is 9.50 Å². The lowest BCUT2D eigenvalue weighted by atomic mass is 10.2. The van der Waals surface area contributed by atoms with Crippen LogP contribution in [0.25, 0.3) is 10.8 Å². The summed E-state index contributed by atoms with van der Waals surface area (Å²) in [5.41, 5.74) is 1.78. The molecule has 0 atom stereocenters. The van der Waals surface area contributed by atoms with Gasteiger partial charge in [0.15, 0.2) is 6.29 Å². The molecule has 0 amide bonds. The number of pyridine rings is 1. The molecule has 0 aliphatic carbocycles. The molecule has 226 valence electrons. The van der Waals surface area contributed by atoms with Crippen molar-refractivity contribution < 1.29 is 17.9 Å². The van der Waals surface area contributed by atoms with Crippen LogP contribution in [0, 0.1) is 6.92 Å². The van der Waals surface area contributed by atoms with Crippen LogP contribution in [-0.2, 0) is 26.0 Å². The monoisotopic (exact) mass is 834 g/mol. The highest BCUT2D eigenvalue weighted by atomic mass is 79.9. The lowest BCUT2D eigenvalue weighted by Crippen LogP contribution is -2.38. The number of sulfonamides is 1. The van der Waals surface area contributed by atoms with Crippen molar-refractivity contribution in [3.8, 4) is 0 Å². The van der Waals surface area contributed by atoms with Gasteiger partial charge in [-0.1, -0.05) is 47.0 Å². The van der Waals surface area contributed by atoms with E-state index in [9.17, 15) is 8.42 Å². The van der Waals surface area contributed by atoms with E-state index < -0.39 is 27.7 Å². The predicted octanol–water partition coefficient (Wildman–Crippen LogP) is 9.56. The van der Waals surface area contributed by atoms with Gasteiger partial charge in [0.05, 0.1) is 21.5 Å². The molecule has 0 unspecified atom stereocenters. The number of aryl methyl sites for hydroxylation is 1. The van der Waals surface area contributed by atoms with Gasteiger partial charge in [0, 0.05) is 47.5 Å². The summed E-state index contributed by atoms with van der Waals surface area (Å²) in [6.45, 7) is 2.13. The first-order chi connectivity index (χ1) is 19.8. The SMILES string of the molecule is COC(CN(Cc1ccc(Cl)c(Br)c1)S(=O)(=O)c1ccc(C)cc1)OC.Clc1cc2ccncc2cc1Br.[Cl][Al]([Cl])[Cl]. The van der Waals surface area contributed by atoms with Gasteiger partial charge >= 0.3 is 11.4 Å². The van der Waals surface area contributed by atoms with Gasteiger partial charge in [-0.2, -0.15) is 4.31 Å². The van der Waals surface area contributed by atoms with Crippen molar-refractivity contribution in [3.63, 3.8) is 0 Å². The van der Waals surface area contributed by atoms with E-state index in [0.717, 1.165) is 31.4 Å². The van der Waals surface area contributed by atoms with Crippen LogP contribution < -0.4 is 0 Å². The normalized spacial score (nSPS) is 11.1. The Morgan fingerprint density at radius 1 is 0.881 bits per heavy atom. The molecule has 3 aromatic carbocycles. The van der Waals surface area contributed by atoms with E-state index in [-0.39, 0.29) is 18.0 Å². The van der Waals surface area contributed by atoms with Crippen LogP contribution in [0.3, 0.4) is 0 Å². The third kappa shape index (κ3) is 12.3. The summed E-state index contributed by atoms with van der Waals surface area (Å²) < 4.78 is 39.6. The molecular weight excluding hydrogens is 812 g/mol. The average molecular weight is 839 g/mol. The maximum absolute atomic E-state index is 13.1. The number of hydrogen-bond donors (Lipinski definition) is 0. The second-order valence-electron chi connectivity index (χ2n) is 8.50. The van der Waals surface area contributed by atoms with Gasteiger partial charge < -0.3 is 9.47 Å². The van der Waals surface area contributed by atoms with E-state index in [1.54, 1.807) is 48.7 Å². The summed E-state index contributed by atoms with van der Waals surface area (Å²) in [5, 5.41) is 3.49. The number of methoxy groups -OCH3 is 2. The molecule has 0 aliphatic rings. The summed E-state index contributed by atoms with van der Waals surface area (Å²) in [5.74, 6) is 0. The van der Waals surface area contributed by atoms with Gasteiger partial charge in [-0.05, 0) is 92.2 Å². The molecule has 1 aromatic heterocycles. The lowest BCUT2D eigenvalue weighted by Gasteiger charge is -2.26. The molecule has 0 fully saturated rings. The Labute approximate surface area is 290 Å². The molecule has 0 bridgehead atoms. The molecule has 0 radical (unpaired) electrons. The van der Waals surface area contributed by atoms with Crippen LogP contribution in [0.5, 0.6) is 0 Å². The molecule has 1 heterocycles. The Morgan fingerprint density at radius 3 is 2.05 bits per heavy atom. The van der Waals surface area contributed by atoms with Crippen molar-refractivity contribution in [2.24, 2.45) is 0 Å². The van der Waals surface area contributed by atoms with Crippen molar-refractivity contribution >= 4 is 117 Å². The van der Waals surface area contributed by atoms with E-state index in [1.165, 1.54) is 18.5 Å². The minimum atomic E-state index is -3.73. The van der Waals surface area contributed by atoms with Crippen molar-refractivity contribution in [2.45, 2.75) is 24.7 Å². The molecule has 42 heavy (non-hydrogen) atoms. The Morgan fingerprint density at radius 2 is 1.48 bits per heavy atom. The third-order valence-electron chi connectivity index (χ3n) is 5.56. The maximum atomic E-state index is 13.1. The first kappa shape index (κ1) is 38.0. The molecule has 15 heteroatoms. The fourth-order valence-corrected chi connectivity index (χ4v) is 5.93. The maximum Gasteiger partial charge on any atom is 0.643 e. The summed E-state index contributed by atoms with van der Waals surface area (Å²) in [6.07, 6.45) is 2.90. The summed E-state index contributed by atoms with van der Waals surface area (Å²) >= 11 is 17.0. The molecule has 0 spiro atoms. The fraction of sp³-hybridized carbons (Fsp3) is 0.222. The molecular formula is C27H26AlBr2Cl5N2O4S. The van der Waals surface area contributed by atoms with Crippen LogP contribution in [-0.4, -0.2) is 56.1 Å². The van der Waals surface area contributed by atoms with Crippen molar-refractivity contribution in [2.75, 3.05) is 20.8 Å². The number of ether oxygens (including phenoxy) is 2. The lowest BCUT2D eigenvalue weighted by molar-refractivity contribution is -0.108. The van der Waals surface area contributed by atoms with Gasteiger partial charge in [0.25, 0.3) is 0 Å². The van der Waals surface area contributed by atoms with E-state index in [1.807, 2.05) is 31.3 Å². The highest BCUT2D eigenvalue weighted by Gasteiger charge is 2.27. The quantitative estimate of drug-likeness (QED) is 0.131. The number of halogens is 7. The zero-order chi connectivity index (χ0) is 31.4. The highest BCUT2D eigenvalue weighted by Crippen LogP contribution is 2.28. The summed E-state index contributed by atoms with van der Waals surface area (Å²) in [6, 6.07) is 17.9. The minimum absolute atomic E-state index is 0.0590. The zero-order valence-electron chi connectivity index (χ0n) is 22.6. The molecule has 0 saturated carbocycles. The average Bonchev–Trinajstić information content (AvgIpc) is 2.94. The fourth-order valence-electron chi connectivity index (χ4n) is 3.44. The van der Waals surface area contributed by atoms with Crippen LogP contribution >= 0.6 is 85.2 Å². The smallest absolute Gasteiger partial charge is 0.354 e. The molecule has 0 saturated heterocycles. The van der Waals surface area contributed by atoms with Crippen LogP contribution in [0.4, 0.5) is 0 Å². The Hall–Kier alpha value is -0.158. The topological polar surface area (TPSA) is 68.7 Å². The van der Waals surface area contributed by atoms with Crippen molar-refractivity contribution in [1.29, 1.82) is 0 Å². The number of rotatable bonds is 8. The molecule has 0 aliphatic heterocycles. The van der Waals surface area contributed by atoms with Crippen LogP contribution in [0.2, 0.25) is 10.0 Å². The van der Waals surface area contributed by atoms with E-state index >= 15 is 0 Å². The largest absolute Gasteiger partial charge is 0.643 e. The van der Waals surface area contributed by atoms with Crippen molar-refractivity contribution in [3.05, 3.63) is 103 Å². The number of benzene rings is 3. The first-order valence-corrected chi connectivity index (χ1v) is 21.0. The van der Waals surface area contributed by atoms with E-state index in [4.69, 9.17) is 62.8 Å². The van der Waals surface area contributed by atoms with E-state index in [2.05, 4.69) is 36.8 Å². The highest BCUT2D eigenvalue weighted by molar-refractivity contribution is 9.10. The predicted molar refractivity (Wildman–Crippen MR) is 183 cm³/mol. The number of fused-ring (bicyclic) bond motifs is 1. The van der Waals surface area contributed by atoms with Gasteiger partial charge in [-0.25, -0.2) is 38.6 Å². The Kier molecular flexibility index (Phi) is 17.0. The number of hydrogen-bond acceptors (Lipinski definition) is 5. The number of aromatic nitrogens is 1. The first-order valence-electron chi connectivity index (χ1n) is 12.0. The van der Waals surface area contributed by atoms with Gasteiger partial charge in [0.1, 0.15) is 0 Å². The molecule has 4 aromatic rings. The molecule has 0 N–H and O–H groups in total. The number of nitrogens with zero attached hydrogens (tertiary/aromatic N) is 2. The van der Waals surface area contributed by atoms with Gasteiger partial charge in [0.2, 0.25) is 10.0 Å². The second-order valence-corrected chi connectivity index (χ2v) is 19.4. The molecule has 6 nitrogen and oxygen atoms in total. The Bertz CT molecular complexity index is 1510. The summed E-state index contributed by atoms with van der Waals surface area (Å²) in [4.78, 5) is 4.24. The van der Waals surface area contributed by atoms with Gasteiger partial charge in [-0.3, -0.25) is 4.98 Å². The standard InChI is InChI=1S/C18H21BrClNO4S.C9H5BrClN.Al.3ClH/c1-13-4-7-15(8-5-13)26(22,23)21(12-18(24-2)25-3)11-14-6-9-17(20)16(19)10-14;10-8-3-7-5-12-2-1-6(7)4-9(8)11;;;;/h4-10,18H,11-12H2,1-3H3;1-5H;;3*1H/q;;+3;;;/p-3. The molecule has 4 rings (SSSR count). The Balaban J connectivity index is 0.000000315.